The molecule has 0 aromatic heterocycles. The van der Waals surface area contributed by atoms with Crippen LogP contribution < -0.4 is 4.74 Å². The Balaban J connectivity index is 1.78. The highest BCUT2D eigenvalue weighted by atomic mass is 16.5. The maximum atomic E-state index is 11.1. The summed E-state index contributed by atoms with van der Waals surface area (Å²) in [5.74, 6) is 1.85. The fraction of sp³-hybridized carbons (Fsp3) is 0.500. The summed E-state index contributed by atoms with van der Waals surface area (Å²) in [4.78, 5) is 11.1. The average Bonchev–Trinajstić information content (AvgIpc) is 2.22. The summed E-state index contributed by atoms with van der Waals surface area (Å²) >= 11 is 0. The summed E-state index contributed by atoms with van der Waals surface area (Å²) in [6.45, 7) is 2.37. The smallest absolute Gasteiger partial charge is 0.159 e. The van der Waals surface area contributed by atoms with Gasteiger partial charge in [0, 0.05) is 5.56 Å². The number of hydrogen-bond acceptors (Lipinski definition) is 2. The van der Waals surface area contributed by atoms with Gasteiger partial charge in [-0.15, -0.1) is 0 Å². The van der Waals surface area contributed by atoms with Crippen LogP contribution in [0, 0.1) is 5.92 Å². The number of carbonyl (C=O) groups excluding carboxylic acids is 1. The van der Waals surface area contributed by atoms with Gasteiger partial charge >= 0.3 is 0 Å². The summed E-state index contributed by atoms with van der Waals surface area (Å²) in [6.07, 6.45) is 5.28. The van der Waals surface area contributed by atoms with Gasteiger partial charge < -0.3 is 4.74 Å². The number of rotatable bonds is 5. The van der Waals surface area contributed by atoms with Crippen LogP contribution in [0.1, 0.15) is 43.0 Å². The normalized spacial score (nSPS) is 15.6. The van der Waals surface area contributed by atoms with Crippen LogP contribution in [-0.4, -0.2) is 12.4 Å². The van der Waals surface area contributed by atoms with Crippen molar-refractivity contribution < 1.29 is 9.53 Å². The van der Waals surface area contributed by atoms with Crippen molar-refractivity contribution in [1.82, 2.24) is 0 Å². The van der Waals surface area contributed by atoms with Gasteiger partial charge in [0.15, 0.2) is 5.78 Å². The van der Waals surface area contributed by atoms with Gasteiger partial charge in [-0.25, -0.2) is 0 Å². The molecule has 0 spiro atoms. The van der Waals surface area contributed by atoms with Crippen molar-refractivity contribution in [2.75, 3.05) is 6.61 Å². The van der Waals surface area contributed by atoms with Gasteiger partial charge in [0.2, 0.25) is 0 Å². The number of ketones is 1. The van der Waals surface area contributed by atoms with E-state index in [0.717, 1.165) is 30.3 Å². The molecule has 86 valence electrons. The van der Waals surface area contributed by atoms with Crippen molar-refractivity contribution in [3.63, 3.8) is 0 Å². The molecule has 1 fully saturated rings. The van der Waals surface area contributed by atoms with Gasteiger partial charge in [0.1, 0.15) is 5.75 Å². The summed E-state index contributed by atoms with van der Waals surface area (Å²) in [5.41, 5.74) is 0.742. The molecule has 1 aliphatic rings. The molecular formula is C14H18O2. The molecule has 0 N–H and O–H groups in total. The molecule has 0 heterocycles. The standard InChI is InChI=1S/C14H18O2/c1-11(15)13-5-7-14(8-6-13)16-10-9-12-3-2-4-12/h5-8,12H,2-4,9-10H2,1H3. The van der Waals surface area contributed by atoms with Crippen LogP contribution in [0.3, 0.4) is 0 Å². The zero-order valence-electron chi connectivity index (χ0n) is 9.74. The number of benzene rings is 1. The van der Waals surface area contributed by atoms with E-state index in [4.69, 9.17) is 4.74 Å². The summed E-state index contributed by atoms with van der Waals surface area (Å²) in [6, 6.07) is 7.39. The average molecular weight is 218 g/mol. The molecule has 0 radical (unpaired) electrons. The number of ether oxygens (including phenoxy) is 1. The Morgan fingerprint density at radius 3 is 2.50 bits per heavy atom. The van der Waals surface area contributed by atoms with Crippen LogP contribution >= 0.6 is 0 Å². The second kappa shape index (κ2) is 5.15. The Labute approximate surface area is 96.6 Å². The summed E-state index contributed by atoms with van der Waals surface area (Å²) in [5, 5.41) is 0. The van der Waals surface area contributed by atoms with E-state index in [0.29, 0.717) is 0 Å². The molecule has 16 heavy (non-hydrogen) atoms. The summed E-state index contributed by atoms with van der Waals surface area (Å²) < 4.78 is 5.64. The molecule has 2 nitrogen and oxygen atoms in total. The predicted octanol–water partition coefficient (Wildman–Crippen LogP) is 3.46. The first kappa shape index (κ1) is 11.2. The number of carbonyl (C=O) groups is 1. The Morgan fingerprint density at radius 1 is 1.31 bits per heavy atom. The maximum absolute atomic E-state index is 11.1. The minimum atomic E-state index is 0.0982. The lowest BCUT2D eigenvalue weighted by Crippen LogP contribution is -2.14. The molecule has 2 heteroatoms. The SMILES string of the molecule is CC(=O)c1ccc(OCCC2CCC2)cc1. The molecule has 1 saturated carbocycles. The number of hydrogen-bond donors (Lipinski definition) is 0. The third-order valence-corrected chi connectivity index (χ3v) is 3.28. The van der Waals surface area contributed by atoms with Crippen LogP contribution in [0.4, 0.5) is 0 Å². The Morgan fingerprint density at radius 2 is 2.00 bits per heavy atom. The minimum Gasteiger partial charge on any atom is -0.494 e. The van der Waals surface area contributed by atoms with E-state index in [1.54, 1.807) is 6.92 Å². The maximum Gasteiger partial charge on any atom is 0.159 e. The fourth-order valence-corrected chi connectivity index (χ4v) is 1.91. The molecule has 1 aliphatic carbocycles. The molecule has 0 atom stereocenters. The third-order valence-electron chi connectivity index (χ3n) is 3.28. The van der Waals surface area contributed by atoms with E-state index in [2.05, 4.69) is 0 Å². The van der Waals surface area contributed by atoms with E-state index in [9.17, 15) is 4.79 Å². The minimum absolute atomic E-state index is 0.0982. The molecular weight excluding hydrogens is 200 g/mol. The van der Waals surface area contributed by atoms with Gasteiger partial charge in [-0.2, -0.15) is 0 Å². The largest absolute Gasteiger partial charge is 0.494 e. The molecule has 0 amide bonds. The van der Waals surface area contributed by atoms with Gasteiger partial charge in [-0.1, -0.05) is 19.3 Å². The molecule has 1 aromatic rings. The fourth-order valence-electron chi connectivity index (χ4n) is 1.91. The van der Waals surface area contributed by atoms with E-state index in [-0.39, 0.29) is 5.78 Å². The van der Waals surface area contributed by atoms with Gasteiger partial charge in [-0.3, -0.25) is 4.79 Å². The molecule has 2 rings (SSSR count). The van der Waals surface area contributed by atoms with Gasteiger partial charge in [-0.05, 0) is 43.5 Å². The quantitative estimate of drug-likeness (QED) is 0.707. The Bertz CT molecular complexity index is 350. The Hall–Kier alpha value is -1.31. The third kappa shape index (κ3) is 2.84. The van der Waals surface area contributed by atoms with Crippen LogP contribution in [0.15, 0.2) is 24.3 Å². The van der Waals surface area contributed by atoms with E-state index >= 15 is 0 Å². The van der Waals surface area contributed by atoms with Gasteiger partial charge in [0.05, 0.1) is 6.61 Å². The van der Waals surface area contributed by atoms with Crippen molar-refractivity contribution in [1.29, 1.82) is 0 Å². The van der Waals surface area contributed by atoms with Crippen molar-refractivity contribution in [2.45, 2.75) is 32.6 Å². The second-order valence-electron chi connectivity index (χ2n) is 4.51. The van der Waals surface area contributed by atoms with E-state index in [1.807, 2.05) is 24.3 Å². The zero-order chi connectivity index (χ0) is 11.4. The second-order valence-corrected chi connectivity index (χ2v) is 4.51. The highest BCUT2D eigenvalue weighted by Gasteiger charge is 2.16. The lowest BCUT2D eigenvalue weighted by atomic mass is 9.83. The summed E-state index contributed by atoms with van der Waals surface area (Å²) in [7, 11) is 0. The van der Waals surface area contributed by atoms with Crippen molar-refractivity contribution in [2.24, 2.45) is 5.92 Å². The van der Waals surface area contributed by atoms with Gasteiger partial charge in [0.25, 0.3) is 0 Å². The topological polar surface area (TPSA) is 26.3 Å². The van der Waals surface area contributed by atoms with Crippen LogP contribution in [-0.2, 0) is 0 Å². The van der Waals surface area contributed by atoms with Crippen LogP contribution in [0.2, 0.25) is 0 Å². The highest BCUT2D eigenvalue weighted by molar-refractivity contribution is 5.94. The van der Waals surface area contributed by atoms with E-state index < -0.39 is 0 Å². The lowest BCUT2D eigenvalue weighted by Gasteiger charge is -2.24. The molecule has 0 unspecified atom stereocenters. The monoisotopic (exact) mass is 218 g/mol. The Kier molecular flexibility index (Phi) is 3.60. The predicted molar refractivity (Wildman–Crippen MR) is 63.9 cm³/mol. The highest BCUT2D eigenvalue weighted by Crippen LogP contribution is 2.29. The zero-order valence-corrected chi connectivity index (χ0v) is 9.74. The first-order valence-corrected chi connectivity index (χ1v) is 5.99. The molecule has 0 aliphatic heterocycles. The van der Waals surface area contributed by atoms with E-state index in [1.165, 1.54) is 19.3 Å². The molecule has 0 saturated heterocycles. The number of Topliss-reactive ketones (excluding diaryl/α,β-unsaturated/α-hetero) is 1. The molecule has 0 bridgehead atoms. The van der Waals surface area contributed by atoms with Crippen LogP contribution in [0.25, 0.3) is 0 Å². The lowest BCUT2D eigenvalue weighted by molar-refractivity contribution is 0.101. The first-order valence-electron chi connectivity index (χ1n) is 5.99. The van der Waals surface area contributed by atoms with Crippen molar-refractivity contribution >= 4 is 5.78 Å². The first-order chi connectivity index (χ1) is 7.75. The molecule has 1 aromatic carbocycles. The van der Waals surface area contributed by atoms with Crippen molar-refractivity contribution in [3.8, 4) is 5.75 Å². The van der Waals surface area contributed by atoms with Crippen LogP contribution in [0.5, 0.6) is 5.75 Å². The van der Waals surface area contributed by atoms with Crippen molar-refractivity contribution in [3.05, 3.63) is 29.8 Å².